The predicted octanol–water partition coefficient (Wildman–Crippen LogP) is 3.00. The predicted molar refractivity (Wildman–Crippen MR) is 85.2 cm³/mol. The summed E-state index contributed by atoms with van der Waals surface area (Å²) >= 11 is 1.71. The van der Waals surface area contributed by atoms with Gasteiger partial charge in [-0.3, -0.25) is 9.69 Å². The summed E-state index contributed by atoms with van der Waals surface area (Å²) in [4.78, 5) is 15.2. The van der Waals surface area contributed by atoms with Crippen LogP contribution in [0.5, 0.6) is 0 Å². The summed E-state index contributed by atoms with van der Waals surface area (Å²) in [6, 6.07) is 11.0. The van der Waals surface area contributed by atoms with Gasteiger partial charge in [0.1, 0.15) is 0 Å². The molecule has 0 bridgehead atoms. The van der Waals surface area contributed by atoms with E-state index in [2.05, 4.69) is 23.7 Å². The first-order valence-electron chi connectivity index (χ1n) is 6.60. The van der Waals surface area contributed by atoms with Gasteiger partial charge in [0.2, 0.25) is 5.91 Å². The fraction of sp³-hybridized carbons (Fsp3) is 0.250. The highest BCUT2D eigenvalue weighted by atomic mass is 32.1. The molecular weight excluding hydrogens is 282 g/mol. The maximum absolute atomic E-state index is 12.0. The third kappa shape index (κ3) is 4.42. The van der Waals surface area contributed by atoms with Gasteiger partial charge in [-0.15, -0.1) is 11.3 Å². The summed E-state index contributed by atoms with van der Waals surface area (Å²) in [7, 11) is 1.93. The number of benzene rings is 1. The third-order valence-corrected chi connectivity index (χ3v) is 4.10. The number of nitrogens with one attached hydrogen (secondary N) is 1. The minimum absolute atomic E-state index is 0.0589. The Morgan fingerprint density at radius 2 is 2.05 bits per heavy atom. The zero-order chi connectivity index (χ0) is 15.2. The summed E-state index contributed by atoms with van der Waals surface area (Å²) in [6.45, 7) is 3.18. The van der Waals surface area contributed by atoms with Crippen molar-refractivity contribution in [3.05, 3.63) is 51.7 Å². The molecule has 1 amide bonds. The smallest absolute Gasteiger partial charge is 0.238 e. The lowest BCUT2D eigenvalue weighted by atomic mass is 10.2. The summed E-state index contributed by atoms with van der Waals surface area (Å²) in [6.07, 6.45) is 0. The molecule has 0 radical (unpaired) electrons. The Morgan fingerprint density at radius 3 is 2.62 bits per heavy atom. The van der Waals surface area contributed by atoms with E-state index in [-0.39, 0.29) is 5.91 Å². The molecule has 0 aliphatic carbocycles. The van der Waals surface area contributed by atoms with E-state index < -0.39 is 0 Å². The average molecular weight is 299 g/mol. The van der Waals surface area contributed by atoms with Gasteiger partial charge in [0.05, 0.1) is 18.2 Å². The molecule has 21 heavy (non-hydrogen) atoms. The Labute approximate surface area is 128 Å². The normalized spacial score (nSPS) is 10.4. The van der Waals surface area contributed by atoms with Crippen LogP contribution in [-0.2, 0) is 11.3 Å². The second kappa shape index (κ2) is 7.02. The van der Waals surface area contributed by atoms with E-state index in [1.165, 1.54) is 10.4 Å². The number of hydrogen-bond acceptors (Lipinski definition) is 4. The minimum atomic E-state index is -0.0589. The molecule has 2 rings (SSSR count). The van der Waals surface area contributed by atoms with E-state index in [9.17, 15) is 4.79 Å². The van der Waals surface area contributed by atoms with Crippen molar-refractivity contribution in [3.63, 3.8) is 0 Å². The Morgan fingerprint density at radius 1 is 1.33 bits per heavy atom. The lowest BCUT2D eigenvalue weighted by Crippen LogP contribution is -2.29. The summed E-state index contributed by atoms with van der Waals surface area (Å²) in [5, 5.41) is 13.6. The quantitative estimate of drug-likeness (QED) is 0.923. The van der Waals surface area contributed by atoms with E-state index in [0.717, 1.165) is 6.54 Å². The molecule has 4 nitrogen and oxygen atoms in total. The first-order chi connectivity index (χ1) is 10.1. The van der Waals surface area contributed by atoms with Crippen LogP contribution in [0.4, 0.5) is 5.69 Å². The first kappa shape index (κ1) is 15.2. The molecule has 0 fully saturated rings. The molecule has 1 aromatic carbocycles. The highest BCUT2D eigenvalue weighted by Gasteiger charge is 2.09. The van der Waals surface area contributed by atoms with Gasteiger partial charge >= 0.3 is 0 Å². The van der Waals surface area contributed by atoms with Gasteiger partial charge in [-0.25, -0.2) is 0 Å². The summed E-state index contributed by atoms with van der Waals surface area (Å²) in [5.41, 5.74) is 2.55. The van der Waals surface area contributed by atoms with Crippen LogP contribution in [0.3, 0.4) is 0 Å². The molecule has 108 valence electrons. The lowest BCUT2D eigenvalue weighted by molar-refractivity contribution is -0.117. The van der Waals surface area contributed by atoms with E-state index in [1.54, 1.807) is 35.6 Å². The van der Waals surface area contributed by atoms with Crippen molar-refractivity contribution in [2.75, 3.05) is 18.9 Å². The SMILES string of the molecule is Cc1ccsc1CN(C)CC(=O)Nc1ccc(C#N)cc1. The first-order valence-corrected chi connectivity index (χ1v) is 7.48. The van der Waals surface area contributed by atoms with E-state index >= 15 is 0 Å². The van der Waals surface area contributed by atoms with Crippen LogP contribution in [0, 0.1) is 18.3 Å². The molecule has 5 heteroatoms. The lowest BCUT2D eigenvalue weighted by Gasteiger charge is -2.16. The van der Waals surface area contributed by atoms with Crippen LogP contribution < -0.4 is 5.32 Å². The van der Waals surface area contributed by atoms with Crippen LogP contribution in [0.1, 0.15) is 16.0 Å². The number of nitriles is 1. The maximum Gasteiger partial charge on any atom is 0.238 e. The number of thiophene rings is 1. The summed E-state index contributed by atoms with van der Waals surface area (Å²) in [5.74, 6) is -0.0589. The Balaban J connectivity index is 1.86. The minimum Gasteiger partial charge on any atom is -0.325 e. The van der Waals surface area contributed by atoms with Crippen molar-refractivity contribution in [1.29, 1.82) is 5.26 Å². The van der Waals surface area contributed by atoms with Gasteiger partial charge in [-0.1, -0.05) is 0 Å². The number of nitrogens with zero attached hydrogens (tertiary/aromatic N) is 2. The molecular formula is C16H17N3OS. The highest BCUT2D eigenvalue weighted by molar-refractivity contribution is 7.10. The van der Waals surface area contributed by atoms with Crippen LogP contribution in [0.25, 0.3) is 0 Å². The van der Waals surface area contributed by atoms with E-state index in [1.807, 2.05) is 18.0 Å². The van der Waals surface area contributed by atoms with Gasteiger partial charge in [-0.2, -0.15) is 5.26 Å². The van der Waals surface area contributed by atoms with Gasteiger partial charge < -0.3 is 5.32 Å². The number of carbonyl (C=O) groups excluding carboxylic acids is 1. The van der Waals surface area contributed by atoms with Crippen LogP contribution >= 0.6 is 11.3 Å². The number of anilines is 1. The number of rotatable bonds is 5. The number of aryl methyl sites for hydroxylation is 1. The zero-order valence-electron chi connectivity index (χ0n) is 12.1. The van der Waals surface area contributed by atoms with Crippen molar-refractivity contribution in [2.45, 2.75) is 13.5 Å². The molecule has 0 saturated heterocycles. The van der Waals surface area contributed by atoms with Crippen LogP contribution in [-0.4, -0.2) is 24.4 Å². The molecule has 0 atom stereocenters. The van der Waals surface area contributed by atoms with Crippen molar-refractivity contribution < 1.29 is 4.79 Å². The molecule has 1 N–H and O–H groups in total. The molecule has 0 spiro atoms. The average Bonchev–Trinajstić information content (AvgIpc) is 2.84. The van der Waals surface area contributed by atoms with Crippen molar-refractivity contribution in [2.24, 2.45) is 0 Å². The fourth-order valence-electron chi connectivity index (χ4n) is 1.94. The molecule has 1 heterocycles. The van der Waals surface area contributed by atoms with Gasteiger partial charge in [0.25, 0.3) is 0 Å². The zero-order valence-corrected chi connectivity index (χ0v) is 12.9. The second-order valence-corrected chi connectivity index (χ2v) is 5.94. The van der Waals surface area contributed by atoms with Crippen LogP contribution in [0.15, 0.2) is 35.7 Å². The Hall–Kier alpha value is -2.16. The van der Waals surface area contributed by atoms with Crippen LogP contribution in [0.2, 0.25) is 0 Å². The highest BCUT2D eigenvalue weighted by Crippen LogP contribution is 2.17. The number of carbonyl (C=O) groups is 1. The molecule has 1 aromatic heterocycles. The Kier molecular flexibility index (Phi) is 5.09. The third-order valence-electron chi connectivity index (χ3n) is 3.09. The van der Waals surface area contributed by atoms with Gasteiger partial charge in [0.15, 0.2) is 0 Å². The van der Waals surface area contributed by atoms with Gasteiger partial charge in [-0.05, 0) is 55.2 Å². The monoisotopic (exact) mass is 299 g/mol. The second-order valence-electron chi connectivity index (χ2n) is 4.94. The van der Waals surface area contributed by atoms with Crippen molar-refractivity contribution in [3.8, 4) is 6.07 Å². The molecule has 0 saturated carbocycles. The topological polar surface area (TPSA) is 56.1 Å². The maximum atomic E-state index is 12.0. The van der Waals surface area contributed by atoms with Crippen molar-refractivity contribution in [1.82, 2.24) is 4.90 Å². The number of likely N-dealkylation sites (N-methyl/N-ethyl adjacent to an activating group) is 1. The number of hydrogen-bond donors (Lipinski definition) is 1. The largest absolute Gasteiger partial charge is 0.325 e. The fourth-order valence-corrected chi connectivity index (χ4v) is 2.93. The summed E-state index contributed by atoms with van der Waals surface area (Å²) < 4.78 is 0. The molecule has 2 aromatic rings. The number of amides is 1. The van der Waals surface area contributed by atoms with E-state index in [0.29, 0.717) is 17.8 Å². The Bertz CT molecular complexity index is 655. The van der Waals surface area contributed by atoms with E-state index in [4.69, 9.17) is 5.26 Å². The molecule has 0 aliphatic heterocycles. The molecule has 0 unspecified atom stereocenters. The standard InChI is InChI=1S/C16H17N3OS/c1-12-7-8-21-15(12)10-19(2)11-16(20)18-14-5-3-13(9-17)4-6-14/h3-8H,10-11H2,1-2H3,(H,18,20). The van der Waals surface area contributed by atoms with Crippen molar-refractivity contribution >= 4 is 22.9 Å². The van der Waals surface area contributed by atoms with Gasteiger partial charge in [0, 0.05) is 17.1 Å². The molecule has 0 aliphatic rings.